The maximum Gasteiger partial charge on any atom is 0.311 e. The van der Waals surface area contributed by atoms with E-state index < -0.39 is 4.92 Å². The van der Waals surface area contributed by atoms with Crippen molar-refractivity contribution in [2.75, 3.05) is 20.3 Å². The molecule has 0 saturated carbocycles. The summed E-state index contributed by atoms with van der Waals surface area (Å²) in [6.45, 7) is 1.93. The number of nitrogens with zero attached hydrogens (tertiary/aromatic N) is 1. The zero-order valence-electron chi connectivity index (χ0n) is 12.3. The van der Waals surface area contributed by atoms with Gasteiger partial charge < -0.3 is 14.8 Å². The van der Waals surface area contributed by atoms with E-state index in [0.717, 1.165) is 37.9 Å². The maximum atomic E-state index is 11.1. The van der Waals surface area contributed by atoms with Gasteiger partial charge in [0.2, 0.25) is 0 Å². The van der Waals surface area contributed by atoms with Crippen molar-refractivity contribution in [2.45, 2.75) is 38.3 Å². The van der Waals surface area contributed by atoms with Crippen LogP contribution in [0.2, 0.25) is 0 Å². The van der Waals surface area contributed by atoms with E-state index in [1.165, 1.54) is 0 Å². The highest BCUT2D eigenvalue weighted by molar-refractivity contribution is 5.48. The first-order valence-corrected chi connectivity index (χ1v) is 7.37. The van der Waals surface area contributed by atoms with Gasteiger partial charge in [0, 0.05) is 19.2 Å². The molecule has 1 unspecified atom stereocenters. The smallest absolute Gasteiger partial charge is 0.311 e. The van der Waals surface area contributed by atoms with Crippen LogP contribution in [0.4, 0.5) is 5.69 Å². The van der Waals surface area contributed by atoms with Crippen molar-refractivity contribution >= 4 is 5.69 Å². The van der Waals surface area contributed by atoms with Crippen molar-refractivity contribution in [3.63, 3.8) is 0 Å². The third-order valence-corrected chi connectivity index (χ3v) is 3.55. The van der Waals surface area contributed by atoms with Crippen LogP contribution in [0.5, 0.6) is 5.75 Å². The Morgan fingerprint density at radius 1 is 1.52 bits per heavy atom. The highest BCUT2D eigenvalue weighted by atomic mass is 16.6. The number of nitro benzene ring substituents is 1. The van der Waals surface area contributed by atoms with E-state index in [4.69, 9.17) is 9.47 Å². The fourth-order valence-electron chi connectivity index (χ4n) is 2.51. The van der Waals surface area contributed by atoms with Crippen LogP contribution >= 0.6 is 0 Å². The Hall–Kier alpha value is -1.66. The van der Waals surface area contributed by atoms with Crippen LogP contribution in [0.1, 0.15) is 31.2 Å². The molecule has 0 aliphatic carbocycles. The van der Waals surface area contributed by atoms with Gasteiger partial charge in [0.15, 0.2) is 5.75 Å². The average Bonchev–Trinajstić information content (AvgIpc) is 2.98. The Bertz CT molecular complexity index is 473. The van der Waals surface area contributed by atoms with E-state index in [9.17, 15) is 10.1 Å². The average molecular weight is 294 g/mol. The lowest BCUT2D eigenvalue weighted by Gasteiger charge is -2.11. The minimum Gasteiger partial charge on any atom is -0.487 e. The Morgan fingerprint density at radius 3 is 3.05 bits per heavy atom. The molecular weight excluding hydrogens is 272 g/mol. The predicted octanol–water partition coefficient (Wildman–Crippen LogP) is 2.65. The summed E-state index contributed by atoms with van der Waals surface area (Å²) >= 11 is 0. The zero-order chi connectivity index (χ0) is 15.1. The molecule has 1 saturated heterocycles. The first-order chi connectivity index (χ1) is 10.2. The Labute approximate surface area is 124 Å². The third kappa shape index (κ3) is 4.68. The lowest BCUT2D eigenvalue weighted by molar-refractivity contribution is -0.385. The van der Waals surface area contributed by atoms with E-state index in [1.54, 1.807) is 19.2 Å². The van der Waals surface area contributed by atoms with Crippen LogP contribution < -0.4 is 10.1 Å². The molecule has 1 fully saturated rings. The highest BCUT2D eigenvalue weighted by Gasteiger charge is 2.17. The van der Waals surface area contributed by atoms with Crippen molar-refractivity contribution in [3.05, 3.63) is 33.9 Å². The van der Waals surface area contributed by atoms with Crippen molar-refractivity contribution in [3.8, 4) is 5.75 Å². The SMILES string of the molecule is CNCc1ccc(OCCCC2CCCO2)c([N+](=O)[O-])c1. The lowest BCUT2D eigenvalue weighted by Crippen LogP contribution is -2.09. The molecular formula is C15H22N2O4. The largest absolute Gasteiger partial charge is 0.487 e. The molecule has 2 rings (SSSR count). The monoisotopic (exact) mass is 294 g/mol. The van der Waals surface area contributed by atoms with Crippen LogP contribution in [0.15, 0.2) is 18.2 Å². The first-order valence-electron chi connectivity index (χ1n) is 7.37. The quantitative estimate of drug-likeness (QED) is 0.453. The fourth-order valence-corrected chi connectivity index (χ4v) is 2.51. The second kappa shape index (κ2) is 7.95. The van der Waals surface area contributed by atoms with Crippen molar-refractivity contribution < 1.29 is 14.4 Å². The van der Waals surface area contributed by atoms with Crippen LogP contribution in [0.25, 0.3) is 0 Å². The van der Waals surface area contributed by atoms with Crippen LogP contribution in [-0.4, -0.2) is 31.3 Å². The molecule has 1 heterocycles. The van der Waals surface area contributed by atoms with Crippen molar-refractivity contribution in [2.24, 2.45) is 0 Å². The lowest BCUT2D eigenvalue weighted by atomic mass is 10.1. The summed E-state index contributed by atoms with van der Waals surface area (Å²) in [6.07, 6.45) is 4.37. The van der Waals surface area contributed by atoms with Crippen LogP contribution in [0, 0.1) is 10.1 Å². The van der Waals surface area contributed by atoms with Gasteiger partial charge in [-0.05, 0) is 44.4 Å². The third-order valence-electron chi connectivity index (χ3n) is 3.55. The minimum atomic E-state index is -0.394. The molecule has 6 nitrogen and oxygen atoms in total. The number of hydrogen-bond donors (Lipinski definition) is 1. The first kappa shape index (κ1) is 15.7. The van der Waals surface area contributed by atoms with Gasteiger partial charge >= 0.3 is 5.69 Å². The Morgan fingerprint density at radius 2 is 2.38 bits per heavy atom. The zero-order valence-corrected chi connectivity index (χ0v) is 12.3. The maximum absolute atomic E-state index is 11.1. The standard InChI is InChI=1S/C15H22N2O4/c1-16-11-12-6-7-15(14(10-12)17(18)19)21-9-3-5-13-4-2-8-20-13/h6-7,10,13,16H,2-5,8-9,11H2,1H3. The summed E-state index contributed by atoms with van der Waals surface area (Å²) in [5, 5.41) is 14.1. The summed E-state index contributed by atoms with van der Waals surface area (Å²) in [5.74, 6) is 0.340. The number of hydrogen-bond acceptors (Lipinski definition) is 5. The Balaban J connectivity index is 1.87. The van der Waals surface area contributed by atoms with E-state index in [-0.39, 0.29) is 5.69 Å². The highest BCUT2D eigenvalue weighted by Crippen LogP contribution is 2.28. The predicted molar refractivity (Wildman–Crippen MR) is 79.6 cm³/mol. The summed E-state index contributed by atoms with van der Waals surface area (Å²) in [7, 11) is 1.81. The van der Waals surface area contributed by atoms with E-state index >= 15 is 0 Å². The number of rotatable bonds is 8. The van der Waals surface area contributed by atoms with E-state index in [1.807, 2.05) is 6.07 Å². The van der Waals surface area contributed by atoms with Gasteiger partial charge in [0.1, 0.15) is 0 Å². The molecule has 0 radical (unpaired) electrons. The van der Waals surface area contributed by atoms with Crippen molar-refractivity contribution in [1.82, 2.24) is 5.32 Å². The van der Waals surface area contributed by atoms with Gasteiger partial charge in [-0.15, -0.1) is 0 Å². The van der Waals surface area contributed by atoms with Crippen LogP contribution in [-0.2, 0) is 11.3 Å². The minimum absolute atomic E-state index is 0.0277. The fraction of sp³-hybridized carbons (Fsp3) is 0.600. The molecule has 0 amide bonds. The van der Waals surface area contributed by atoms with Crippen LogP contribution in [0.3, 0.4) is 0 Å². The molecule has 1 aromatic rings. The van der Waals surface area contributed by atoms with Gasteiger partial charge in [-0.3, -0.25) is 10.1 Å². The van der Waals surface area contributed by atoms with E-state index in [2.05, 4.69) is 5.32 Å². The molecule has 1 aliphatic rings. The Kier molecular flexibility index (Phi) is 5.95. The number of benzene rings is 1. The molecule has 0 spiro atoms. The normalized spacial score (nSPS) is 17.9. The molecule has 21 heavy (non-hydrogen) atoms. The van der Waals surface area contributed by atoms with Gasteiger partial charge in [-0.25, -0.2) is 0 Å². The topological polar surface area (TPSA) is 73.6 Å². The van der Waals surface area contributed by atoms with E-state index in [0.29, 0.717) is 25.0 Å². The number of nitro groups is 1. The molecule has 0 bridgehead atoms. The molecule has 1 N–H and O–H groups in total. The van der Waals surface area contributed by atoms with Gasteiger partial charge in [-0.2, -0.15) is 0 Å². The molecule has 0 aromatic heterocycles. The second-order valence-electron chi connectivity index (χ2n) is 5.22. The molecule has 1 atom stereocenters. The molecule has 1 aromatic carbocycles. The number of nitrogens with one attached hydrogen (secondary N) is 1. The molecule has 6 heteroatoms. The molecule has 116 valence electrons. The summed E-state index contributed by atoms with van der Waals surface area (Å²) in [4.78, 5) is 10.7. The van der Waals surface area contributed by atoms with Gasteiger partial charge in [-0.1, -0.05) is 6.07 Å². The van der Waals surface area contributed by atoms with Gasteiger partial charge in [0.25, 0.3) is 0 Å². The summed E-state index contributed by atoms with van der Waals surface area (Å²) < 4.78 is 11.1. The second-order valence-corrected chi connectivity index (χ2v) is 5.22. The van der Waals surface area contributed by atoms with Crippen molar-refractivity contribution in [1.29, 1.82) is 0 Å². The number of ether oxygens (including phenoxy) is 2. The van der Waals surface area contributed by atoms with Gasteiger partial charge in [0.05, 0.1) is 17.6 Å². The summed E-state index contributed by atoms with van der Waals surface area (Å²) in [5.41, 5.74) is 0.899. The summed E-state index contributed by atoms with van der Waals surface area (Å²) in [6, 6.07) is 5.09. The molecule has 1 aliphatic heterocycles.